The molecule has 1 unspecified atom stereocenters. The first-order valence-corrected chi connectivity index (χ1v) is 5.66. The van der Waals surface area contributed by atoms with Crippen LogP contribution in [0.2, 0.25) is 0 Å². The second-order valence-corrected chi connectivity index (χ2v) is 3.83. The number of nitrogens with two attached hydrogens (primary N) is 1. The van der Waals surface area contributed by atoms with Crippen molar-refractivity contribution < 1.29 is 0 Å². The SMILES string of the molecule is CCc1cccc(C(NN)c2ccncn2)c1. The number of aryl methyl sites for hydroxylation is 1. The van der Waals surface area contributed by atoms with Crippen LogP contribution in [0.25, 0.3) is 0 Å². The molecule has 0 aliphatic rings. The van der Waals surface area contributed by atoms with Crippen molar-refractivity contribution in [1.82, 2.24) is 15.4 Å². The lowest BCUT2D eigenvalue weighted by Gasteiger charge is -2.16. The Morgan fingerprint density at radius 3 is 2.88 bits per heavy atom. The predicted molar refractivity (Wildman–Crippen MR) is 67.0 cm³/mol. The Kier molecular flexibility index (Phi) is 3.80. The molecule has 1 heterocycles. The maximum atomic E-state index is 5.62. The number of nitrogens with one attached hydrogen (secondary N) is 1. The molecule has 88 valence electrons. The third kappa shape index (κ3) is 2.67. The zero-order valence-electron chi connectivity index (χ0n) is 9.80. The minimum atomic E-state index is -0.0931. The number of nitrogens with zero attached hydrogens (tertiary/aromatic N) is 2. The van der Waals surface area contributed by atoms with Crippen molar-refractivity contribution >= 4 is 0 Å². The highest BCUT2D eigenvalue weighted by Gasteiger charge is 2.13. The second kappa shape index (κ2) is 5.52. The van der Waals surface area contributed by atoms with E-state index in [1.807, 2.05) is 18.2 Å². The minimum absolute atomic E-state index is 0.0931. The van der Waals surface area contributed by atoms with Crippen LogP contribution in [0, 0.1) is 0 Å². The molecule has 0 amide bonds. The third-order valence-corrected chi connectivity index (χ3v) is 2.76. The normalized spacial score (nSPS) is 12.4. The van der Waals surface area contributed by atoms with Gasteiger partial charge in [0.05, 0.1) is 11.7 Å². The first kappa shape index (κ1) is 11.7. The maximum absolute atomic E-state index is 5.62. The van der Waals surface area contributed by atoms with Crippen LogP contribution in [-0.4, -0.2) is 9.97 Å². The largest absolute Gasteiger partial charge is 0.271 e. The van der Waals surface area contributed by atoms with E-state index in [4.69, 9.17) is 5.84 Å². The molecule has 3 N–H and O–H groups in total. The van der Waals surface area contributed by atoms with Crippen LogP contribution in [0.1, 0.15) is 29.8 Å². The smallest absolute Gasteiger partial charge is 0.115 e. The molecule has 0 saturated carbocycles. The van der Waals surface area contributed by atoms with Crippen LogP contribution in [-0.2, 0) is 6.42 Å². The summed E-state index contributed by atoms with van der Waals surface area (Å²) in [7, 11) is 0. The highest BCUT2D eigenvalue weighted by atomic mass is 15.2. The monoisotopic (exact) mass is 228 g/mol. The lowest BCUT2D eigenvalue weighted by molar-refractivity contribution is 0.618. The van der Waals surface area contributed by atoms with Gasteiger partial charge in [0.25, 0.3) is 0 Å². The zero-order valence-corrected chi connectivity index (χ0v) is 9.80. The van der Waals surface area contributed by atoms with Crippen LogP contribution in [0.4, 0.5) is 0 Å². The van der Waals surface area contributed by atoms with E-state index < -0.39 is 0 Å². The van der Waals surface area contributed by atoms with Gasteiger partial charge < -0.3 is 0 Å². The Morgan fingerprint density at radius 2 is 2.24 bits per heavy atom. The van der Waals surface area contributed by atoms with Gasteiger partial charge in [-0.3, -0.25) is 5.84 Å². The molecule has 0 saturated heterocycles. The number of aromatic nitrogens is 2. The zero-order chi connectivity index (χ0) is 12.1. The number of hydrazine groups is 1. The second-order valence-electron chi connectivity index (χ2n) is 3.83. The molecule has 0 spiro atoms. The Hall–Kier alpha value is -1.78. The van der Waals surface area contributed by atoms with Crippen molar-refractivity contribution in [3.8, 4) is 0 Å². The van der Waals surface area contributed by atoms with E-state index >= 15 is 0 Å². The molecule has 17 heavy (non-hydrogen) atoms. The van der Waals surface area contributed by atoms with Crippen LogP contribution in [0.5, 0.6) is 0 Å². The van der Waals surface area contributed by atoms with Gasteiger partial charge in [-0.05, 0) is 23.6 Å². The summed E-state index contributed by atoms with van der Waals surface area (Å²) in [4.78, 5) is 8.14. The summed E-state index contributed by atoms with van der Waals surface area (Å²) in [6.45, 7) is 2.13. The van der Waals surface area contributed by atoms with Gasteiger partial charge in [-0.25, -0.2) is 15.4 Å². The molecular formula is C13H16N4. The highest BCUT2D eigenvalue weighted by molar-refractivity contribution is 5.30. The van der Waals surface area contributed by atoms with E-state index in [0.29, 0.717) is 0 Å². The van der Waals surface area contributed by atoms with E-state index in [0.717, 1.165) is 17.7 Å². The van der Waals surface area contributed by atoms with E-state index in [9.17, 15) is 0 Å². The lowest BCUT2D eigenvalue weighted by Crippen LogP contribution is -2.29. The van der Waals surface area contributed by atoms with Crippen LogP contribution in [0.15, 0.2) is 42.9 Å². The van der Waals surface area contributed by atoms with E-state index in [1.165, 1.54) is 11.9 Å². The Labute approximate surface area is 101 Å². The summed E-state index contributed by atoms with van der Waals surface area (Å²) in [6, 6.07) is 10.1. The predicted octanol–water partition coefficient (Wildman–Crippen LogP) is 1.59. The number of benzene rings is 1. The average molecular weight is 228 g/mol. The summed E-state index contributed by atoms with van der Waals surface area (Å²) >= 11 is 0. The molecule has 0 radical (unpaired) electrons. The fourth-order valence-electron chi connectivity index (χ4n) is 1.82. The van der Waals surface area contributed by atoms with Gasteiger partial charge >= 0.3 is 0 Å². The fourth-order valence-corrected chi connectivity index (χ4v) is 1.82. The molecule has 1 aromatic carbocycles. The molecule has 0 fully saturated rings. The molecule has 0 aliphatic carbocycles. The summed E-state index contributed by atoms with van der Waals surface area (Å²) in [5.41, 5.74) is 6.07. The van der Waals surface area contributed by atoms with Crippen molar-refractivity contribution in [3.05, 3.63) is 59.7 Å². The van der Waals surface area contributed by atoms with Gasteiger partial charge in [0.1, 0.15) is 6.33 Å². The Bertz CT molecular complexity index is 470. The van der Waals surface area contributed by atoms with Crippen molar-refractivity contribution in [3.63, 3.8) is 0 Å². The van der Waals surface area contributed by atoms with Crippen LogP contribution < -0.4 is 11.3 Å². The van der Waals surface area contributed by atoms with Crippen molar-refractivity contribution in [1.29, 1.82) is 0 Å². The minimum Gasteiger partial charge on any atom is -0.271 e. The van der Waals surface area contributed by atoms with Gasteiger partial charge in [-0.15, -0.1) is 0 Å². The van der Waals surface area contributed by atoms with Crippen LogP contribution in [0.3, 0.4) is 0 Å². The molecule has 0 bridgehead atoms. The topological polar surface area (TPSA) is 63.8 Å². The van der Waals surface area contributed by atoms with E-state index in [1.54, 1.807) is 6.20 Å². The molecule has 1 atom stereocenters. The standard InChI is InChI=1S/C13H16N4/c1-2-10-4-3-5-11(8-10)13(17-14)12-6-7-15-9-16-12/h3-9,13,17H,2,14H2,1H3. The number of rotatable bonds is 4. The summed E-state index contributed by atoms with van der Waals surface area (Å²) in [6.07, 6.45) is 4.26. The average Bonchev–Trinajstić information content (AvgIpc) is 2.41. The van der Waals surface area contributed by atoms with E-state index in [-0.39, 0.29) is 6.04 Å². The van der Waals surface area contributed by atoms with Crippen molar-refractivity contribution in [2.45, 2.75) is 19.4 Å². The summed E-state index contributed by atoms with van der Waals surface area (Å²) in [5, 5.41) is 0. The van der Waals surface area contributed by atoms with Gasteiger partial charge in [0, 0.05) is 6.20 Å². The third-order valence-electron chi connectivity index (χ3n) is 2.76. The Morgan fingerprint density at radius 1 is 1.35 bits per heavy atom. The molecule has 2 rings (SSSR count). The van der Waals surface area contributed by atoms with E-state index in [2.05, 4.69) is 34.5 Å². The molecule has 4 nitrogen and oxygen atoms in total. The summed E-state index contributed by atoms with van der Waals surface area (Å²) in [5.74, 6) is 5.62. The first-order chi connectivity index (χ1) is 8.35. The fraction of sp³-hybridized carbons (Fsp3) is 0.231. The van der Waals surface area contributed by atoms with Crippen molar-refractivity contribution in [2.75, 3.05) is 0 Å². The molecular weight excluding hydrogens is 212 g/mol. The first-order valence-electron chi connectivity index (χ1n) is 5.66. The molecule has 2 aromatic rings. The Balaban J connectivity index is 2.35. The van der Waals surface area contributed by atoms with Gasteiger partial charge in [0.2, 0.25) is 0 Å². The lowest BCUT2D eigenvalue weighted by atomic mass is 10.0. The number of hydrogen-bond donors (Lipinski definition) is 2. The van der Waals surface area contributed by atoms with Gasteiger partial charge in [-0.1, -0.05) is 31.2 Å². The molecule has 4 heteroatoms. The maximum Gasteiger partial charge on any atom is 0.115 e. The van der Waals surface area contributed by atoms with Gasteiger partial charge in [-0.2, -0.15) is 0 Å². The summed E-state index contributed by atoms with van der Waals surface area (Å²) < 4.78 is 0. The van der Waals surface area contributed by atoms with Crippen molar-refractivity contribution in [2.24, 2.45) is 5.84 Å². The quantitative estimate of drug-likeness (QED) is 0.616. The molecule has 1 aromatic heterocycles. The van der Waals surface area contributed by atoms with Crippen LogP contribution >= 0.6 is 0 Å². The van der Waals surface area contributed by atoms with Gasteiger partial charge in [0.15, 0.2) is 0 Å². The molecule has 0 aliphatic heterocycles. The number of hydrogen-bond acceptors (Lipinski definition) is 4. The highest BCUT2D eigenvalue weighted by Crippen LogP contribution is 2.20.